The van der Waals surface area contributed by atoms with E-state index in [-0.39, 0.29) is 5.97 Å². The smallest absolute Gasteiger partial charge is 0.343 e. The van der Waals surface area contributed by atoms with E-state index in [1.165, 1.54) is 6.42 Å². The van der Waals surface area contributed by atoms with Gasteiger partial charge in [-0.3, -0.25) is 0 Å². The summed E-state index contributed by atoms with van der Waals surface area (Å²) < 4.78 is 11.5. The highest BCUT2D eigenvalue weighted by atomic mass is 32.2. The zero-order valence-corrected chi connectivity index (χ0v) is 25.9. The van der Waals surface area contributed by atoms with E-state index < -0.39 is 8.56 Å². The van der Waals surface area contributed by atoms with Gasteiger partial charge in [0.25, 0.3) is 0 Å². The van der Waals surface area contributed by atoms with E-state index in [0.717, 1.165) is 66.0 Å². The maximum atomic E-state index is 12.6. The number of carbonyl (C=O) groups excluding carboxylic acids is 1. The van der Waals surface area contributed by atoms with Crippen LogP contribution in [-0.4, -0.2) is 36.5 Å². The van der Waals surface area contributed by atoms with Crippen LogP contribution in [0, 0.1) is 5.92 Å². The summed E-state index contributed by atoms with van der Waals surface area (Å²) in [6.45, 7) is 6.71. The lowest BCUT2D eigenvalue weighted by Crippen LogP contribution is -2.29. The largest absolute Gasteiger partial charge is 0.494 e. The van der Waals surface area contributed by atoms with E-state index in [1.807, 2.05) is 84.6 Å². The summed E-state index contributed by atoms with van der Waals surface area (Å²) in [5, 5.41) is 0. The zero-order valence-electron chi connectivity index (χ0n) is 24.1. The van der Waals surface area contributed by atoms with Crippen LogP contribution in [-0.2, 0) is 0 Å². The molecule has 2 N–H and O–H groups in total. The molecule has 0 aliphatic rings. The topological polar surface area (TPSA) is 76.0 Å². The molecule has 7 heteroatoms. The molecule has 40 heavy (non-hydrogen) atoms. The lowest BCUT2D eigenvalue weighted by atomic mass is 10.1. The maximum absolute atomic E-state index is 12.6. The fourth-order valence-corrected chi connectivity index (χ4v) is 6.09. The fourth-order valence-electron chi connectivity index (χ4n) is 4.13. The van der Waals surface area contributed by atoms with Crippen molar-refractivity contribution in [2.75, 3.05) is 12.4 Å². The molecule has 3 aromatic carbocycles. The van der Waals surface area contributed by atoms with E-state index in [0.29, 0.717) is 29.9 Å². The first-order valence-corrected chi connectivity index (χ1v) is 18.1. The van der Waals surface area contributed by atoms with Crippen LogP contribution in [0.25, 0.3) is 11.1 Å². The van der Waals surface area contributed by atoms with Crippen molar-refractivity contribution >= 4 is 26.3 Å². The molecule has 0 aliphatic carbocycles. The summed E-state index contributed by atoms with van der Waals surface area (Å²) in [7, 11) is -2.87. The Kier molecular flexibility index (Phi) is 13.3. The van der Waals surface area contributed by atoms with Crippen molar-refractivity contribution in [3.63, 3.8) is 0 Å². The van der Waals surface area contributed by atoms with Gasteiger partial charge in [0.15, 0.2) is 0 Å². The number of esters is 1. The maximum Gasteiger partial charge on any atom is 0.343 e. The Labute approximate surface area is 245 Å². The monoisotopic (exact) mass is 580 g/mol. The number of rotatable bonds is 17. The van der Waals surface area contributed by atoms with Crippen LogP contribution < -0.4 is 9.47 Å². The average molecular weight is 581 g/mol. The fraction of sp³-hybridized carbons (Fsp3) is 0.424. The summed E-state index contributed by atoms with van der Waals surface area (Å²) in [5.41, 5.74) is 2.65. The Morgan fingerprint density at radius 3 is 1.93 bits per heavy atom. The Hall–Kier alpha value is -2.58. The lowest BCUT2D eigenvalue weighted by molar-refractivity contribution is 0.0734. The van der Waals surface area contributed by atoms with Crippen LogP contribution in [0.15, 0.2) is 77.7 Å². The molecule has 0 saturated carbocycles. The van der Waals surface area contributed by atoms with Crippen LogP contribution in [0.5, 0.6) is 11.5 Å². The molecule has 0 fully saturated rings. The second-order valence-electron chi connectivity index (χ2n) is 10.7. The summed E-state index contributed by atoms with van der Waals surface area (Å²) in [6, 6.07) is 23.8. The molecule has 0 aliphatic heterocycles. The first-order chi connectivity index (χ1) is 19.2. The van der Waals surface area contributed by atoms with Crippen molar-refractivity contribution in [1.82, 2.24) is 0 Å². The molecule has 3 aromatic rings. The van der Waals surface area contributed by atoms with Gasteiger partial charge in [-0.15, -0.1) is 11.8 Å². The SMILES string of the molecule is CC[C@H](C)CSc1ccc(C(=O)Oc2ccc(-c3ccc(OCCCCCCCC[Si](C)(O)O)cc3)cc2)cc1. The Morgan fingerprint density at radius 2 is 1.35 bits per heavy atom. The number of hydrogen-bond acceptors (Lipinski definition) is 6. The van der Waals surface area contributed by atoms with Crippen LogP contribution in [0.4, 0.5) is 0 Å². The van der Waals surface area contributed by atoms with E-state index in [4.69, 9.17) is 9.47 Å². The van der Waals surface area contributed by atoms with Gasteiger partial charge in [-0.25, -0.2) is 4.79 Å². The third kappa shape index (κ3) is 11.9. The summed E-state index contributed by atoms with van der Waals surface area (Å²) in [4.78, 5) is 32.7. The number of thioether (sulfide) groups is 1. The minimum atomic E-state index is -2.87. The average Bonchev–Trinajstić information content (AvgIpc) is 2.95. The highest BCUT2D eigenvalue weighted by Crippen LogP contribution is 2.26. The third-order valence-electron chi connectivity index (χ3n) is 6.89. The second-order valence-corrected chi connectivity index (χ2v) is 14.8. The number of benzene rings is 3. The van der Waals surface area contributed by atoms with Gasteiger partial charge in [-0.2, -0.15) is 0 Å². The standard InChI is InChI=1S/C33H44O5SSi/c1-4-26(2)25-39-32-21-15-29(16-22-32)33(34)38-31-19-13-28(14-20-31)27-11-17-30(18-12-27)37-23-9-7-5-6-8-10-24-40(3,35)36/h11-22,26,35-36H,4-10,23-25H2,1-3H3/t26-/m0/s1. The molecule has 5 nitrogen and oxygen atoms in total. The van der Waals surface area contributed by atoms with Gasteiger partial charge in [-0.05, 0) is 84.6 Å². The van der Waals surface area contributed by atoms with Crippen molar-refractivity contribution < 1.29 is 23.9 Å². The Morgan fingerprint density at radius 1 is 0.800 bits per heavy atom. The number of ether oxygens (including phenoxy) is 2. The molecular weight excluding hydrogens is 537 g/mol. The molecule has 0 radical (unpaired) electrons. The van der Waals surface area contributed by atoms with Gasteiger partial charge in [-0.1, -0.05) is 76.6 Å². The van der Waals surface area contributed by atoms with Crippen molar-refractivity contribution in [1.29, 1.82) is 0 Å². The third-order valence-corrected chi connectivity index (χ3v) is 9.53. The van der Waals surface area contributed by atoms with Crippen molar-refractivity contribution in [2.24, 2.45) is 5.92 Å². The van der Waals surface area contributed by atoms with Gasteiger partial charge in [0.2, 0.25) is 0 Å². The Bertz CT molecular complexity index is 1140. The molecule has 0 unspecified atom stereocenters. The molecule has 3 rings (SSSR count). The van der Waals surface area contributed by atoms with Crippen LogP contribution >= 0.6 is 11.8 Å². The summed E-state index contributed by atoms with van der Waals surface area (Å²) in [6.07, 6.45) is 7.52. The van der Waals surface area contributed by atoms with E-state index in [2.05, 4.69) is 13.8 Å². The molecule has 216 valence electrons. The minimum Gasteiger partial charge on any atom is -0.494 e. The molecule has 0 spiro atoms. The number of unbranched alkanes of at least 4 members (excludes halogenated alkanes) is 5. The first kappa shape index (κ1) is 31.9. The van der Waals surface area contributed by atoms with Gasteiger partial charge in [0.1, 0.15) is 11.5 Å². The lowest BCUT2D eigenvalue weighted by Gasteiger charge is -2.11. The van der Waals surface area contributed by atoms with Crippen LogP contribution in [0.2, 0.25) is 12.6 Å². The number of hydrogen-bond donors (Lipinski definition) is 2. The summed E-state index contributed by atoms with van der Waals surface area (Å²) >= 11 is 1.82. The van der Waals surface area contributed by atoms with E-state index in [9.17, 15) is 14.4 Å². The van der Waals surface area contributed by atoms with E-state index in [1.54, 1.807) is 6.55 Å². The van der Waals surface area contributed by atoms with E-state index >= 15 is 0 Å². The van der Waals surface area contributed by atoms with Crippen LogP contribution in [0.3, 0.4) is 0 Å². The highest BCUT2D eigenvalue weighted by molar-refractivity contribution is 7.99. The first-order valence-electron chi connectivity index (χ1n) is 14.5. The second kappa shape index (κ2) is 16.6. The predicted octanol–water partition coefficient (Wildman–Crippen LogP) is 8.49. The zero-order chi connectivity index (χ0) is 28.8. The molecule has 0 bridgehead atoms. The molecule has 0 saturated heterocycles. The van der Waals surface area contributed by atoms with Crippen molar-refractivity contribution in [3.8, 4) is 22.6 Å². The molecular formula is C33H44O5SSi. The van der Waals surface area contributed by atoms with Gasteiger partial charge >= 0.3 is 14.5 Å². The summed E-state index contributed by atoms with van der Waals surface area (Å²) in [5.74, 6) is 2.77. The molecule has 0 aromatic heterocycles. The minimum absolute atomic E-state index is 0.356. The number of carbonyl (C=O) groups is 1. The molecule has 0 amide bonds. The van der Waals surface area contributed by atoms with Gasteiger partial charge in [0, 0.05) is 10.6 Å². The molecule has 0 heterocycles. The van der Waals surface area contributed by atoms with Crippen molar-refractivity contribution in [3.05, 3.63) is 78.4 Å². The van der Waals surface area contributed by atoms with Gasteiger partial charge in [0.05, 0.1) is 12.2 Å². The van der Waals surface area contributed by atoms with Crippen LogP contribution in [0.1, 0.15) is 69.2 Å². The predicted molar refractivity (Wildman–Crippen MR) is 168 cm³/mol. The van der Waals surface area contributed by atoms with Gasteiger partial charge < -0.3 is 19.1 Å². The quantitative estimate of drug-likeness (QED) is 0.0548. The Balaban J connectivity index is 1.37. The van der Waals surface area contributed by atoms with Crippen molar-refractivity contribution in [2.45, 2.75) is 76.3 Å². The normalized spacial score (nSPS) is 12.2. The molecule has 1 atom stereocenters. The highest BCUT2D eigenvalue weighted by Gasteiger charge is 2.19.